The average Bonchev–Trinajstić information content (AvgIpc) is 3.19. The van der Waals surface area contributed by atoms with Gasteiger partial charge in [-0.05, 0) is 56.5 Å². The fourth-order valence-corrected chi connectivity index (χ4v) is 6.22. The van der Waals surface area contributed by atoms with Gasteiger partial charge in [0.15, 0.2) is 0 Å². The summed E-state index contributed by atoms with van der Waals surface area (Å²) in [5, 5.41) is 4.43. The van der Waals surface area contributed by atoms with Gasteiger partial charge in [-0.3, -0.25) is 4.79 Å². The van der Waals surface area contributed by atoms with Crippen molar-refractivity contribution in [1.29, 1.82) is 0 Å². The van der Waals surface area contributed by atoms with E-state index in [0.717, 1.165) is 22.9 Å². The third-order valence-corrected chi connectivity index (χ3v) is 8.13. The summed E-state index contributed by atoms with van der Waals surface area (Å²) in [7, 11) is -3.77. The molecule has 0 saturated carbocycles. The Morgan fingerprint density at radius 1 is 1.12 bits per heavy atom. The molecule has 6 nitrogen and oxygen atoms in total. The summed E-state index contributed by atoms with van der Waals surface area (Å²) < 4.78 is 33.8. The first-order valence-electron chi connectivity index (χ1n) is 11.2. The molecule has 0 bridgehead atoms. The Hall–Kier alpha value is -2.64. The number of hydrogen-bond acceptors (Lipinski definition) is 5. The largest absolute Gasteiger partial charge is 0.466 e. The van der Waals surface area contributed by atoms with Crippen LogP contribution in [0.5, 0.6) is 0 Å². The number of benzene rings is 2. The summed E-state index contributed by atoms with van der Waals surface area (Å²) in [5.41, 5.74) is 2.54. The molecule has 2 aromatic carbocycles. The van der Waals surface area contributed by atoms with Gasteiger partial charge in [0.2, 0.25) is 0 Å². The first-order valence-corrected chi connectivity index (χ1v) is 12.6. The van der Waals surface area contributed by atoms with Crippen LogP contribution in [0.2, 0.25) is 0 Å². The molecule has 170 valence electrons. The van der Waals surface area contributed by atoms with Crippen molar-refractivity contribution in [3.63, 3.8) is 0 Å². The maximum absolute atomic E-state index is 13.5. The van der Waals surface area contributed by atoms with E-state index in [2.05, 4.69) is 12.2 Å². The molecule has 1 N–H and O–H groups in total. The first-order chi connectivity index (χ1) is 15.4. The van der Waals surface area contributed by atoms with Crippen LogP contribution in [0.15, 0.2) is 59.6 Å². The Balaban J connectivity index is 1.82. The minimum atomic E-state index is -3.77. The number of ether oxygens (including phenoxy) is 1. The summed E-state index contributed by atoms with van der Waals surface area (Å²) in [6.07, 6.45) is 3.23. The SMILES string of the molecule is CCOC(=O)[C@H]1CCN[C@H](c2cn(S(=O)(=O)c3ccc(C)cc3)c3ccccc23)[C@H]1CC. The van der Waals surface area contributed by atoms with Gasteiger partial charge in [-0.1, -0.05) is 49.2 Å². The smallest absolute Gasteiger partial charge is 0.309 e. The quantitative estimate of drug-likeness (QED) is 0.558. The summed E-state index contributed by atoms with van der Waals surface area (Å²) in [4.78, 5) is 12.9. The van der Waals surface area contributed by atoms with E-state index in [1.165, 1.54) is 3.97 Å². The number of aryl methyl sites for hydroxylation is 1. The van der Waals surface area contributed by atoms with Crippen LogP contribution in [0.3, 0.4) is 0 Å². The third kappa shape index (κ3) is 3.95. The minimum absolute atomic E-state index is 0.0177. The van der Waals surface area contributed by atoms with Gasteiger partial charge in [-0.15, -0.1) is 0 Å². The van der Waals surface area contributed by atoms with E-state index < -0.39 is 10.0 Å². The van der Waals surface area contributed by atoms with Crippen molar-refractivity contribution in [2.24, 2.45) is 11.8 Å². The van der Waals surface area contributed by atoms with E-state index in [0.29, 0.717) is 25.1 Å². The Bertz CT molecular complexity index is 1210. The Morgan fingerprint density at radius 3 is 2.53 bits per heavy atom. The molecule has 1 fully saturated rings. The summed E-state index contributed by atoms with van der Waals surface area (Å²) in [6, 6.07) is 14.3. The molecule has 0 amide bonds. The molecule has 0 radical (unpaired) electrons. The van der Waals surface area contributed by atoms with Crippen LogP contribution in [0, 0.1) is 18.8 Å². The second kappa shape index (κ2) is 9.08. The Kier molecular flexibility index (Phi) is 6.40. The van der Waals surface area contributed by atoms with Crippen LogP contribution >= 0.6 is 0 Å². The standard InChI is InChI=1S/C25H30N2O4S/c1-4-19-21(25(28)31-5-2)14-15-26-24(19)22-16-27(23-9-7-6-8-20(22)23)32(29,30)18-12-10-17(3)11-13-18/h6-13,16,19,21,24,26H,4-5,14-15H2,1-3H3/t19-,21-,24-/m0/s1. The van der Waals surface area contributed by atoms with Gasteiger partial charge in [0, 0.05) is 17.6 Å². The maximum atomic E-state index is 13.5. The summed E-state index contributed by atoms with van der Waals surface area (Å²) in [5.74, 6) is -0.354. The topological polar surface area (TPSA) is 77.4 Å². The molecule has 1 saturated heterocycles. The lowest BCUT2D eigenvalue weighted by Crippen LogP contribution is -2.43. The molecular formula is C25H30N2O4S. The number of hydrogen-bond donors (Lipinski definition) is 1. The summed E-state index contributed by atoms with van der Waals surface area (Å²) in [6.45, 7) is 6.85. The third-order valence-electron chi connectivity index (χ3n) is 6.45. The van der Waals surface area contributed by atoms with Gasteiger partial charge in [-0.25, -0.2) is 12.4 Å². The van der Waals surface area contributed by atoms with Crippen LogP contribution in [-0.4, -0.2) is 31.5 Å². The van der Waals surface area contributed by atoms with E-state index in [-0.39, 0.29) is 28.7 Å². The van der Waals surface area contributed by atoms with E-state index in [1.54, 1.807) is 30.5 Å². The van der Waals surface area contributed by atoms with Gasteiger partial charge in [-0.2, -0.15) is 0 Å². The maximum Gasteiger partial charge on any atom is 0.309 e. The molecule has 7 heteroatoms. The number of carbonyl (C=O) groups excluding carboxylic acids is 1. The number of piperidine rings is 1. The molecule has 1 aliphatic heterocycles. The molecule has 3 aromatic rings. The second-order valence-electron chi connectivity index (χ2n) is 8.37. The van der Waals surface area contributed by atoms with Crippen LogP contribution in [0.4, 0.5) is 0 Å². The fourth-order valence-electron chi connectivity index (χ4n) is 4.84. The van der Waals surface area contributed by atoms with Crippen LogP contribution < -0.4 is 5.32 Å². The lowest BCUT2D eigenvalue weighted by molar-refractivity contribution is -0.151. The number of esters is 1. The fraction of sp³-hybridized carbons (Fsp3) is 0.400. The molecule has 1 aromatic heterocycles. The number of rotatable bonds is 6. The molecule has 0 aliphatic carbocycles. The van der Waals surface area contributed by atoms with Gasteiger partial charge in [0.25, 0.3) is 10.0 Å². The van der Waals surface area contributed by atoms with Crippen LogP contribution in [-0.2, 0) is 19.6 Å². The minimum Gasteiger partial charge on any atom is -0.466 e. The van der Waals surface area contributed by atoms with Gasteiger partial charge < -0.3 is 10.1 Å². The second-order valence-corrected chi connectivity index (χ2v) is 10.2. The van der Waals surface area contributed by atoms with E-state index >= 15 is 0 Å². The molecule has 32 heavy (non-hydrogen) atoms. The molecule has 0 spiro atoms. The zero-order valence-electron chi connectivity index (χ0n) is 18.7. The Morgan fingerprint density at radius 2 is 1.84 bits per heavy atom. The van der Waals surface area contributed by atoms with Crippen molar-refractivity contribution in [2.75, 3.05) is 13.2 Å². The highest BCUT2D eigenvalue weighted by Gasteiger charge is 2.39. The molecule has 0 unspecified atom stereocenters. The van der Waals surface area contributed by atoms with Crippen molar-refractivity contribution in [3.05, 3.63) is 65.9 Å². The number of aromatic nitrogens is 1. The van der Waals surface area contributed by atoms with Crippen molar-refractivity contribution < 1.29 is 17.9 Å². The predicted octanol–water partition coefficient (Wildman–Crippen LogP) is 4.43. The molecule has 2 heterocycles. The normalized spacial score (nSPS) is 21.5. The van der Waals surface area contributed by atoms with E-state index in [4.69, 9.17) is 4.74 Å². The van der Waals surface area contributed by atoms with Crippen LogP contribution in [0.1, 0.15) is 43.9 Å². The highest BCUT2D eigenvalue weighted by Crippen LogP contribution is 2.40. The summed E-state index contributed by atoms with van der Waals surface area (Å²) >= 11 is 0. The number of para-hydroxylation sites is 1. The Labute approximate surface area is 189 Å². The lowest BCUT2D eigenvalue weighted by Gasteiger charge is -2.37. The number of fused-ring (bicyclic) bond motifs is 1. The molecular weight excluding hydrogens is 424 g/mol. The van der Waals surface area contributed by atoms with Crippen molar-refractivity contribution >= 4 is 26.9 Å². The zero-order chi connectivity index (χ0) is 22.9. The predicted molar refractivity (Wildman–Crippen MR) is 125 cm³/mol. The average molecular weight is 455 g/mol. The van der Waals surface area contributed by atoms with Gasteiger partial charge >= 0.3 is 5.97 Å². The zero-order valence-corrected chi connectivity index (χ0v) is 19.6. The molecule has 1 aliphatic rings. The first kappa shape index (κ1) is 22.6. The van der Waals surface area contributed by atoms with Gasteiger partial charge in [0.05, 0.1) is 22.9 Å². The number of nitrogens with one attached hydrogen (secondary N) is 1. The lowest BCUT2D eigenvalue weighted by atomic mass is 9.76. The van der Waals surface area contributed by atoms with E-state index in [1.807, 2.05) is 38.1 Å². The molecule has 3 atom stereocenters. The van der Waals surface area contributed by atoms with Crippen molar-refractivity contribution in [1.82, 2.24) is 9.29 Å². The van der Waals surface area contributed by atoms with Crippen molar-refractivity contribution in [3.8, 4) is 0 Å². The highest BCUT2D eigenvalue weighted by molar-refractivity contribution is 7.90. The number of nitrogens with zero attached hydrogens (tertiary/aromatic N) is 1. The molecule has 4 rings (SSSR count). The van der Waals surface area contributed by atoms with Crippen molar-refractivity contribution in [2.45, 2.75) is 44.6 Å². The highest BCUT2D eigenvalue weighted by atomic mass is 32.2. The van der Waals surface area contributed by atoms with E-state index in [9.17, 15) is 13.2 Å². The van der Waals surface area contributed by atoms with Crippen LogP contribution in [0.25, 0.3) is 10.9 Å². The van der Waals surface area contributed by atoms with Gasteiger partial charge in [0.1, 0.15) is 0 Å². The number of carbonyl (C=O) groups is 1. The monoisotopic (exact) mass is 454 g/mol.